The zero-order chi connectivity index (χ0) is 18.4. The van der Waals surface area contributed by atoms with Crippen molar-refractivity contribution in [1.82, 2.24) is 5.32 Å². The minimum atomic E-state index is 0.161. The lowest BCUT2D eigenvalue weighted by Gasteiger charge is -2.36. The third-order valence-electron chi connectivity index (χ3n) is 5.52. The number of methoxy groups -OCH3 is 2. The predicted octanol–water partition coefficient (Wildman–Crippen LogP) is 4.07. The monoisotopic (exact) mass is 347 g/mol. The van der Waals surface area contributed by atoms with E-state index < -0.39 is 0 Å². The van der Waals surface area contributed by atoms with Crippen LogP contribution in [0.1, 0.15) is 45.6 Å². The van der Waals surface area contributed by atoms with Crippen LogP contribution in [0, 0.1) is 23.7 Å². The topological polar surface area (TPSA) is 47.6 Å². The number of hydrogen-bond acceptors (Lipinski definition) is 3. The smallest absolute Gasteiger partial charge is 0.223 e. The molecule has 0 aliphatic heterocycles. The molecule has 0 spiro atoms. The van der Waals surface area contributed by atoms with Crippen molar-refractivity contribution in [2.75, 3.05) is 20.8 Å². The van der Waals surface area contributed by atoms with Crippen molar-refractivity contribution in [2.45, 2.75) is 46.5 Å². The average molecular weight is 347 g/mol. The molecular formula is C21H33NO3. The van der Waals surface area contributed by atoms with Crippen molar-refractivity contribution in [3.8, 4) is 11.5 Å². The molecule has 1 fully saturated rings. The van der Waals surface area contributed by atoms with E-state index in [9.17, 15) is 4.79 Å². The second kappa shape index (κ2) is 9.12. The van der Waals surface area contributed by atoms with Crippen molar-refractivity contribution < 1.29 is 14.3 Å². The Balaban J connectivity index is 1.91. The third kappa shape index (κ3) is 5.13. The van der Waals surface area contributed by atoms with Gasteiger partial charge in [0.1, 0.15) is 0 Å². The summed E-state index contributed by atoms with van der Waals surface area (Å²) >= 11 is 0. The maximum atomic E-state index is 12.7. The van der Waals surface area contributed by atoms with E-state index in [1.165, 1.54) is 12.8 Å². The Morgan fingerprint density at radius 2 is 1.92 bits per heavy atom. The van der Waals surface area contributed by atoms with E-state index in [0.717, 1.165) is 29.9 Å². The fourth-order valence-corrected chi connectivity index (χ4v) is 4.00. The number of ether oxygens (including phenoxy) is 2. The molecule has 3 atom stereocenters. The molecule has 0 aromatic heterocycles. The summed E-state index contributed by atoms with van der Waals surface area (Å²) in [5, 5.41) is 3.16. The van der Waals surface area contributed by atoms with Crippen LogP contribution in [0.2, 0.25) is 0 Å². The van der Waals surface area contributed by atoms with Gasteiger partial charge >= 0.3 is 0 Å². The fourth-order valence-electron chi connectivity index (χ4n) is 4.00. The Labute approximate surface area is 152 Å². The van der Waals surface area contributed by atoms with Gasteiger partial charge in [0, 0.05) is 12.5 Å². The van der Waals surface area contributed by atoms with Gasteiger partial charge in [0.05, 0.1) is 14.2 Å². The molecule has 1 aromatic rings. The summed E-state index contributed by atoms with van der Waals surface area (Å²) in [6.07, 6.45) is 4.23. The lowest BCUT2D eigenvalue weighted by molar-refractivity contribution is -0.129. The standard InChI is InChI=1S/C21H33NO3/c1-14(2)17-8-6-15(3)12-18(17)21(23)22-11-10-16-7-9-19(24-4)20(13-16)25-5/h7,9,13-15,17-18H,6,8,10-12H2,1-5H3,(H,22,23)/t15-,17+,18-/m1/s1. The lowest BCUT2D eigenvalue weighted by atomic mass is 9.70. The van der Waals surface area contributed by atoms with Crippen LogP contribution in [0.4, 0.5) is 0 Å². The molecule has 2 rings (SSSR count). The van der Waals surface area contributed by atoms with Crippen molar-refractivity contribution in [3.63, 3.8) is 0 Å². The first kappa shape index (κ1) is 19.6. The molecule has 1 aliphatic carbocycles. The SMILES string of the molecule is COc1ccc(CCNC(=O)[C@@H]2C[C@H](C)CC[C@H]2C(C)C)cc1OC. The molecule has 1 N–H and O–H groups in total. The number of hydrogen-bond donors (Lipinski definition) is 1. The molecule has 1 aliphatic rings. The Bertz CT molecular complexity index is 570. The van der Waals surface area contributed by atoms with Gasteiger partial charge in [-0.2, -0.15) is 0 Å². The number of amides is 1. The zero-order valence-corrected chi connectivity index (χ0v) is 16.3. The van der Waals surface area contributed by atoms with Crippen LogP contribution in [-0.4, -0.2) is 26.7 Å². The largest absolute Gasteiger partial charge is 0.493 e. The molecule has 0 unspecified atom stereocenters. The van der Waals surface area contributed by atoms with Crippen molar-refractivity contribution in [3.05, 3.63) is 23.8 Å². The molecule has 4 heteroatoms. The highest BCUT2D eigenvalue weighted by atomic mass is 16.5. The second-order valence-electron chi connectivity index (χ2n) is 7.66. The first-order valence-electron chi connectivity index (χ1n) is 9.44. The Morgan fingerprint density at radius 3 is 2.56 bits per heavy atom. The van der Waals surface area contributed by atoms with Crippen LogP contribution >= 0.6 is 0 Å². The Hall–Kier alpha value is -1.71. The van der Waals surface area contributed by atoms with Gasteiger partial charge < -0.3 is 14.8 Å². The molecule has 1 amide bonds. The minimum absolute atomic E-state index is 0.161. The molecule has 0 saturated heterocycles. The summed E-state index contributed by atoms with van der Waals surface area (Å²) in [6.45, 7) is 7.40. The Morgan fingerprint density at radius 1 is 1.20 bits per heavy atom. The molecular weight excluding hydrogens is 314 g/mol. The fraction of sp³-hybridized carbons (Fsp3) is 0.667. The van der Waals surface area contributed by atoms with Crippen molar-refractivity contribution in [2.24, 2.45) is 23.7 Å². The van der Waals surface area contributed by atoms with Crippen LogP contribution in [0.5, 0.6) is 11.5 Å². The molecule has 0 heterocycles. The summed E-state index contributed by atoms with van der Waals surface area (Å²) in [7, 11) is 3.27. The third-order valence-corrected chi connectivity index (χ3v) is 5.52. The number of carbonyl (C=O) groups is 1. The highest BCUT2D eigenvalue weighted by Crippen LogP contribution is 2.38. The van der Waals surface area contributed by atoms with Gasteiger partial charge in [0.2, 0.25) is 5.91 Å². The van der Waals surface area contributed by atoms with Gasteiger partial charge in [-0.1, -0.05) is 33.3 Å². The minimum Gasteiger partial charge on any atom is -0.493 e. The number of rotatable bonds is 7. The highest BCUT2D eigenvalue weighted by Gasteiger charge is 2.35. The quantitative estimate of drug-likeness (QED) is 0.809. The van der Waals surface area contributed by atoms with Gasteiger partial charge in [0.15, 0.2) is 11.5 Å². The first-order chi connectivity index (χ1) is 12.0. The second-order valence-corrected chi connectivity index (χ2v) is 7.66. The molecule has 1 saturated carbocycles. The van der Waals surface area contributed by atoms with Gasteiger partial charge in [-0.25, -0.2) is 0 Å². The summed E-state index contributed by atoms with van der Waals surface area (Å²) in [5.41, 5.74) is 1.13. The summed E-state index contributed by atoms with van der Waals surface area (Å²) < 4.78 is 10.6. The maximum Gasteiger partial charge on any atom is 0.223 e. The molecule has 25 heavy (non-hydrogen) atoms. The van der Waals surface area contributed by atoms with Crippen molar-refractivity contribution in [1.29, 1.82) is 0 Å². The maximum absolute atomic E-state index is 12.7. The molecule has 4 nitrogen and oxygen atoms in total. The van der Waals surface area contributed by atoms with Crippen LogP contribution in [0.15, 0.2) is 18.2 Å². The van der Waals surface area contributed by atoms with Crippen LogP contribution in [0.3, 0.4) is 0 Å². The number of carbonyl (C=O) groups excluding carboxylic acids is 1. The van der Waals surface area contributed by atoms with Crippen LogP contribution < -0.4 is 14.8 Å². The lowest BCUT2D eigenvalue weighted by Crippen LogP contribution is -2.40. The van der Waals surface area contributed by atoms with Crippen LogP contribution in [0.25, 0.3) is 0 Å². The zero-order valence-electron chi connectivity index (χ0n) is 16.3. The number of nitrogens with one attached hydrogen (secondary N) is 1. The highest BCUT2D eigenvalue weighted by molar-refractivity contribution is 5.79. The van der Waals surface area contributed by atoms with E-state index >= 15 is 0 Å². The van der Waals surface area contributed by atoms with Crippen LogP contribution in [-0.2, 0) is 11.2 Å². The van der Waals surface area contributed by atoms with E-state index in [2.05, 4.69) is 26.1 Å². The van der Waals surface area contributed by atoms with E-state index in [1.54, 1.807) is 14.2 Å². The predicted molar refractivity (Wildman–Crippen MR) is 101 cm³/mol. The molecule has 140 valence electrons. The Kier molecular flexibility index (Phi) is 7.15. The van der Waals surface area contributed by atoms with Gasteiger partial charge in [-0.05, 0) is 54.7 Å². The molecule has 0 bridgehead atoms. The van der Waals surface area contributed by atoms with Gasteiger partial charge in [0.25, 0.3) is 0 Å². The van der Waals surface area contributed by atoms with E-state index in [0.29, 0.717) is 24.3 Å². The summed E-state index contributed by atoms with van der Waals surface area (Å²) in [5.74, 6) is 3.57. The first-order valence-corrected chi connectivity index (χ1v) is 9.44. The normalized spacial score (nSPS) is 23.4. The van der Waals surface area contributed by atoms with Crippen molar-refractivity contribution >= 4 is 5.91 Å². The van der Waals surface area contributed by atoms with Gasteiger partial charge in [-0.3, -0.25) is 4.79 Å². The number of benzene rings is 1. The van der Waals surface area contributed by atoms with E-state index in [1.807, 2.05) is 18.2 Å². The average Bonchev–Trinajstić information content (AvgIpc) is 2.61. The summed E-state index contributed by atoms with van der Waals surface area (Å²) in [4.78, 5) is 12.7. The molecule has 0 radical (unpaired) electrons. The van der Waals surface area contributed by atoms with E-state index in [4.69, 9.17) is 9.47 Å². The van der Waals surface area contributed by atoms with E-state index in [-0.39, 0.29) is 11.8 Å². The molecule has 1 aromatic carbocycles. The summed E-state index contributed by atoms with van der Waals surface area (Å²) in [6, 6.07) is 5.91. The van der Waals surface area contributed by atoms with Gasteiger partial charge in [-0.15, -0.1) is 0 Å².